The number of carbonyl (C=O) groups is 4. The van der Waals surface area contributed by atoms with Crippen LogP contribution in [-0.2, 0) is 14.4 Å². The van der Waals surface area contributed by atoms with Crippen LogP contribution in [0.4, 0.5) is 0 Å². The fourth-order valence-corrected chi connectivity index (χ4v) is 3.29. The van der Waals surface area contributed by atoms with Crippen LogP contribution in [0, 0.1) is 11.8 Å². The largest absolute Gasteiger partial charge is 0.459 e. The van der Waals surface area contributed by atoms with Crippen molar-refractivity contribution in [3.05, 3.63) is 24.2 Å². The van der Waals surface area contributed by atoms with E-state index in [9.17, 15) is 19.2 Å². The second-order valence-corrected chi connectivity index (χ2v) is 6.60. The topological polar surface area (TPSA) is 121 Å². The second kappa shape index (κ2) is 7.59. The van der Waals surface area contributed by atoms with Gasteiger partial charge in [-0.15, -0.1) is 0 Å². The molecule has 4 amide bonds. The molecule has 0 unspecified atom stereocenters. The first-order chi connectivity index (χ1) is 12.5. The molecule has 0 spiro atoms. The van der Waals surface area contributed by atoms with Crippen LogP contribution in [0.1, 0.15) is 23.4 Å². The maximum Gasteiger partial charge on any atom is 0.287 e. The number of amides is 4. The minimum atomic E-state index is -0.468. The summed E-state index contributed by atoms with van der Waals surface area (Å²) in [5.74, 6) is -0.780. The van der Waals surface area contributed by atoms with Crippen molar-refractivity contribution in [1.82, 2.24) is 20.9 Å². The molecular formula is C17H22N4O5. The number of nitrogens with one attached hydrogen (secondary N) is 3. The summed E-state index contributed by atoms with van der Waals surface area (Å²) in [6.07, 6.45) is 3.12. The van der Waals surface area contributed by atoms with Gasteiger partial charge in [0.25, 0.3) is 5.91 Å². The lowest BCUT2D eigenvalue weighted by atomic mass is 9.72. The Morgan fingerprint density at radius 2 is 2.12 bits per heavy atom. The third kappa shape index (κ3) is 3.71. The number of furan rings is 1. The number of carbonyl (C=O) groups excluding carboxylic acids is 4. The molecular weight excluding hydrogens is 340 g/mol. The summed E-state index contributed by atoms with van der Waals surface area (Å²) in [5, 5.41) is 7.85. The summed E-state index contributed by atoms with van der Waals surface area (Å²) in [5.41, 5.74) is 0. The Kier molecular flexibility index (Phi) is 5.24. The number of rotatable bonds is 7. The van der Waals surface area contributed by atoms with E-state index in [4.69, 9.17) is 4.42 Å². The summed E-state index contributed by atoms with van der Waals surface area (Å²) >= 11 is 0. The second-order valence-electron chi connectivity index (χ2n) is 6.60. The van der Waals surface area contributed by atoms with Crippen LogP contribution >= 0.6 is 0 Å². The summed E-state index contributed by atoms with van der Waals surface area (Å²) in [6.45, 7) is 0.395. The first-order valence-electron chi connectivity index (χ1n) is 8.61. The molecule has 1 saturated carbocycles. The van der Waals surface area contributed by atoms with Gasteiger partial charge < -0.3 is 25.3 Å². The van der Waals surface area contributed by atoms with Crippen LogP contribution in [0.25, 0.3) is 0 Å². The molecule has 3 N–H and O–H groups in total. The smallest absolute Gasteiger partial charge is 0.287 e. The van der Waals surface area contributed by atoms with Gasteiger partial charge in [-0.2, -0.15) is 0 Å². The molecule has 1 aliphatic heterocycles. The lowest BCUT2D eigenvalue weighted by Crippen LogP contribution is -2.48. The van der Waals surface area contributed by atoms with Crippen molar-refractivity contribution >= 4 is 23.6 Å². The zero-order valence-corrected chi connectivity index (χ0v) is 14.5. The lowest BCUT2D eigenvalue weighted by Gasteiger charge is -2.32. The average molecular weight is 362 g/mol. The monoisotopic (exact) mass is 362 g/mol. The van der Waals surface area contributed by atoms with Crippen LogP contribution in [0.3, 0.4) is 0 Å². The zero-order chi connectivity index (χ0) is 18.7. The molecule has 1 aromatic heterocycles. The van der Waals surface area contributed by atoms with Gasteiger partial charge in [-0.3, -0.25) is 19.2 Å². The van der Waals surface area contributed by atoms with Crippen molar-refractivity contribution in [2.24, 2.45) is 11.8 Å². The van der Waals surface area contributed by atoms with Crippen LogP contribution < -0.4 is 16.0 Å². The molecule has 3 atom stereocenters. The van der Waals surface area contributed by atoms with Gasteiger partial charge in [0.1, 0.15) is 6.04 Å². The SMILES string of the molecule is CN(CCNC(=O)CNC(=O)c1ccco1)C(=O)[C@@H]1NC(=O)[C@H]2CC[C@H]21. The Labute approximate surface area is 150 Å². The van der Waals surface area contributed by atoms with Gasteiger partial charge in [0.2, 0.25) is 17.7 Å². The molecule has 3 rings (SSSR count). The van der Waals surface area contributed by atoms with Crippen molar-refractivity contribution in [3.63, 3.8) is 0 Å². The molecule has 9 nitrogen and oxygen atoms in total. The van der Waals surface area contributed by atoms with Crippen molar-refractivity contribution in [1.29, 1.82) is 0 Å². The van der Waals surface area contributed by atoms with E-state index >= 15 is 0 Å². The molecule has 1 aliphatic carbocycles. The van der Waals surface area contributed by atoms with Crippen molar-refractivity contribution in [2.75, 3.05) is 26.7 Å². The molecule has 2 heterocycles. The average Bonchev–Trinajstić information content (AvgIpc) is 3.18. The van der Waals surface area contributed by atoms with Gasteiger partial charge in [0.15, 0.2) is 5.76 Å². The molecule has 26 heavy (non-hydrogen) atoms. The first kappa shape index (κ1) is 18.0. The quantitative estimate of drug-likeness (QED) is 0.581. The molecule has 2 fully saturated rings. The van der Waals surface area contributed by atoms with Crippen molar-refractivity contribution in [3.8, 4) is 0 Å². The van der Waals surface area contributed by atoms with E-state index in [1.807, 2.05) is 0 Å². The number of hydrogen-bond acceptors (Lipinski definition) is 5. The Balaban J connectivity index is 1.35. The van der Waals surface area contributed by atoms with Crippen LogP contribution in [0.2, 0.25) is 0 Å². The predicted molar refractivity (Wildman–Crippen MR) is 89.8 cm³/mol. The number of hydrogen-bond donors (Lipinski definition) is 3. The van der Waals surface area contributed by atoms with Gasteiger partial charge in [-0.05, 0) is 30.9 Å². The minimum absolute atomic E-state index is 0.0187. The maximum atomic E-state index is 12.4. The summed E-state index contributed by atoms with van der Waals surface area (Å²) in [7, 11) is 1.64. The molecule has 0 bridgehead atoms. The highest BCUT2D eigenvalue weighted by molar-refractivity contribution is 5.94. The minimum Gasteiger partial charge on any atom is -0.459 e. The first-order valence-corrected chi connectivity index (χ1v) is 8.61. The number of fused-ring (bicyclic) bond motifs is 1. The lowest BCUT2D eigenvalue weighted by molar-refractivity contribution is -0.134. The van der Waals surface area contributed by atoms with E-state index in [-0.39, 0.29) is 48.4 Å². The Morgan fingerprint density at radius 3 is 2.73 bits per heavy atom. The van der Waals surface area contributed by atoms with E-state index in [1.54, 1.807) is 13.1 Å². The van der Waals surface area contributed by atoms with Gasteiger partial charge in [-0.1, -0.05) is 0 Å². The highest BCUT2D eigenvalue weighted by atomic mass is 16.3. The molecule has 0 radical (unpaired) electrons. The van der Waals surface area contributed by atoms with Crippen molar-refractivity contribution in [2.45, 2.75) is 18.9 Å². The van der Waals surface area contributed by atoms with Crippen LogP contribution in [0.15, 0.2) is 22.8 Å². The van der Waals surface area contributed by atoms with Crippen LogP contribution in [-0.4, -0.2) is 61.3 Å². The third-order valence-corrected chi connectivity index (χ3v) is 4.96. The molecule has 9 heteroatoms. The fourth-order valence-electron chi connectivity index (χ4n) is 3.29. The standard InChI is InChI=1S/C17H22N4O5/c1-21(17(25)14-10-4-5-11(10)15(23)20-14)7-6-18-13(22)9-19-16(24)12-3-2-8-26-12/h2-3,8,10-11,14H,4-7,9H2,1H3,(H,18,22)(H,19,24)(H,20,23)/t10-,11+,14-/m1/s1. The third-order valence-electron chi connectivity index (χ3n) is 4.96. The Morgan fingerprint density at radius 1 is 1.31 bits per heavy atom. The van der Waals surface area contributed by atoms with Gasteiger partial charge in [0.05, 0.1) is 12.8 Å². The molecule has 1 aromatic rings. The summed E-state index contributed by atoms with van der Waals surface area (Å²) in [6, 6.07) is 2.64. The van der Waals surface area contributed by atoms with Crippen molar-refractivity contribution < 1.29 is 23.6 Å². The number of likely N-dealkylation sites (N-methyl/N-ethyl adjacent to an activating group) is 1. The van der Waals surface area contributed by atoms with E-state index in [1.165, 1.54) is 17.2 Å². The zero-order valence-electron chi connectivity index (χ0n) is 14.5. The highest BCUT2D eigenvalue weighted by Crippen LogP contribution is 2.41. The summed E-state index contributed by atoms with van der Waals surface area (Å²) < 4.78 is 4.93. The highest BCUT2D eigenvalue weighted by Gasteiger charge is 2.51. The van der Waals surface area contributed by atoms with Crippen LogP contribution in [0.5, 0.6) is 0 Å². The van der Waals surface area contributed by atoms with E-state index in [0.717, 1.165) is 12.8 Å². The fraction of sp³-hybridized carbons (Fsp3) is 0.529. The van der Waals surface area contributed by atoms with Gasteiger partial charge >= 0.3 is 0 Å². The van der Waals surface area contributed by atoms with E-state index < -0.39 is 11.9 Å². The number of nitrogens with zero attached hydrogens (tertiary/aromatic N) is 1. The molecule has 0 aromatic carbocycles. The maximum absolute atomic E-state index is 12.4. The molecule has 1 saturated heterocycles. The van der Waals surface area contributed by atoms with Gasteiger partial charge in [0, 0.05) is 26.1 Å². The van der Waals surface area contributed by atoms with E-state index in [0.29, 0.717) is 6.54 Å². The molecule has 140 valence electrons. The predicted octanol–water partition coefficient (Wildman–Crippen LogP) is -0.891. The molecule has 2 aliphatic rings. The van der Waals surface area contributed by atoms with Gasteiger partial charge in [-0.25, -0.2) is 0 Å². The normalized spacial score (nSPS) is 23.4. The Hall–Kier alpha value is -2.84. The van der Waals surface area contributed by atoms with E-state index in [2.05, 4.69) is 16.0 Å². The Bertz CT molecular complexity index is 702. The summed E-state index contributed by atoms with van der Waals surface area (Å²) in [4.78, 5) is 49.1.